The second-order valence-electron chi connectivity index (χ2n) is 6.36. The number of hydrogen-bond donors (Lipinski definition) is 1. The van der Waals surface area contributed by atoms with Crippen LogP contribution in [0.5, 0.6) is 5.75 Å². The molecule has 3 aromatic rings. The van der Waals surface area contributed by atoms with Crippen LogP contribution in [0, 0.1) is 5.82 Å². The molecule has 0 bridgehead atoms. The predicted molar refractivity (Wildman–Crippen MR) is 107 cm³/mol. The standard InChI is InChI=1S/C20H25FN6O/c1-4-22-20(26(2)14-15-8-9-17(28-3)16(21)13-15)23-11-10-19-25-24-18-7-5-6-12-27(18)19/h5-9,12-13H,4,10-11,14H2,1-3H3,(H,22,23). The van der Waals surface area contributed by atoms with Crippen LogP contribution in [0.15, 0.2) is 47.6 Å². The van der Waals surface area contributed by atoms with Crippen LogP contribution in [0.25, 0.3) is 5.65 Å². The van der Waals surface area contributed by atoms with E-state index in [1.54, 1.807) is 6.07 Å². The van der Waals surface area contributed by atoms with E-state index in [4.69, 9.17) is 4.74 Å². The third-order valence-electron chi connectivity index (χ3n) is 4.31. The van der Waals surface area contributed by atoms with Crippen LogP contribution >= 0.6 is 0 Å². The number of ether oxygens (including phenoxy) is 1. The highest BCUT2D eigenvalue weighted by Gasteiger charge is 2.10. The van der Waals surface area contributed by atoms with Crippen molar-refractivity contribution in [3.05, 3.63) is 59.8 Å². The highest BCUT2D eigenvalue weighted by molar-refractivity contribution is 5.79. The normalized spacial score (nSPS) is 11.6. The fourth-order valence-electron chi connectivity index (χ4n) is 2.95. The fourth-order valence-corrected chi connectivity index (χ4v) is 2.95. The monoisotopic (exact) mass is 384 g/mol. The van der Waals surface area contributed by atoms with Crippen molar-refractivity contribution in [2.75, 3.05) is 27.2 Å². The summed E-state index contributed by atoms with van der Waals surface area (Å²) in [6.45, 7) is 3.86. The molecule has 1 N–H and O–H groups in total. The molecule has 0 saturated carbocycles. The Labute approximate surface area is 163 Å². The molecule has 2 heterocycles. The van der Waals surface area contributed by atoms with Crippen LogP contribution in [-0.2, 0) is 13.0 Å². The van der Waals surface area contributed by atoms with Gasteiger partial charge in [-0.3, -0.25) is 9.39 Å². The number of nitrogens with zero attached hydrogens (tertiary/aromatic N) is 5. The number of guanidine groups is 1. The molecule has 148 valence electrons. The SMILES string of the molecule is CCNC(=NCCc1nnc2ccccn12)N(C)Cc1ccc(OC)c(F)c1. The Bertz CT molecular complexity index is 955. The molecule has 0 aliphatic carbocycles. The molecule has 2 aromatic heterocycles. The van der Waals surface area contributed by atoms with Crippen molar-refractivity contribution in [2.45, 2.75) is 19.9 Å². The number of benzene rings is 1. The fraction of sp³-hybridized carbons (Fsp3) is 0.350. The van der Waals surface area contributed by atoms with Gasteiger partial charge in [0.05, 0.1) is 7.11 Å². The van der Waals surface area contributed by atoms with E-state index in [1.165, 1.54) is 13.2 Å². The van der Waals surface area contributed by atoms with Crippen molar-refractivity contribution in [1.82, 2.24) is 24.8 Å². The van der Waals surface area contributed by atoms with Crippen LogP contribution in [0.1, 0.15) is 18.3 Å². The Balaban J connectivity index is 1.66. The largest absolute Gasteiger partial charge is 0.494 e. The number of rotatable bonds is 7. The van der Waals surface area contributed by atoms with Crippen molar-refractivity contribution in [1.29, 1.82) is 0 Å². The molecule has 0 fully saturated rings. The zero-order valence-electron chi connectivity index (χ0n) is 16.4. The minimum absolute atomic E-state index is 0.243. The first kappa shape index (κ1) is 19.6. The zero-order chi connectivity index (χ0) is 19.9. The minimum atomic E-state index is -0.367. The average molecular weight is 384 g/mol. The molecular weight excluding hydrogens is 359 g/mol. The van der Waals surface area contributed by atoms with Gasteiger partial charge in [-0.15, -0.1) is 10.2 Å². The Morgan fingerprint density at radius 1 is 1.29 bits per heavy atom. The first-order valence-corrected chi connectivity index (χ1v) is 9.23. The van der Waals surface area contributed by atoms with E-state index in [0.717, 1.165) is 29.5 Å². The zero-order valence-corrected chi connectivity index (χ0v) is 16.4. The third kappa shape index (κ3) is 4.57. The predicted octanol–water partition coefficient (Wildman–Crippen LogP) is 2.52. The maximum absolute atomic E-state index is 13.9. The topological polar surface area (TPSA) is 67.0 Å². The summed E-state index contributed by atoms with van der Waals surface area (Å²) >= 11 is 0. The van der Waals surface area contributed by atoms with E-state index in [0.29, 0.717) is 19.5 Å². The number of pyridine rings is 1. The lowest BCUT2D eigenvalue weighted by atomic mass is 10.2. The molecule has 0 unspecified atom stereocenters. The highest BCUT2D eigenvalue weighted by atomic mass is 19.1. The van der Waals surface area contributed by atoms with E-state index in [-0.39, 0.29) is 11.6 Å². The number of nitrogens with one attached hydrogen (secondary N) is 1. The van der Waals surface area contributed by atoms with Gasteiger partial charge in [0, 0.05) is 39.3 Å². The third-order valence-corrected chi connectivity index (χ3v) is 4.31. The van der Waals surface area contributed by atoms with E-state index in [2.05, 4.69) is 20.5 Å². The van der Waals surface area contributed by atoms with Crippen molar-refractivity contribution < 1.29 is 9.13 Å². The average Bonchev–Trinajstić information content (AvgIpc) is 3.10. The maximum Gasteiger partial charge on any atom is 0.193 e. The van der Waals surface area contributed by atoms with Crippen LogP contribution in [0.3, 0.4) is 0 Å². The van der Waals surface area contributed by atoms with Gasteiger partial charge in [-0.25, -0.2) is 4.39 Å². The molecular formula is C20H25FN6O. The molecule has 0 saturated heterocycles. The molecule has 28 heavy (non-hydrogen) atoms. The second-order valence-corrected chi connectivity index (χ2v) is 6.36. The molecule has 1 aromatic carbocycles. The van der Waals surface area contributed by atoms with E-state index in [9.17, 15) is 4.39 Å². The lowest BCUT2D eigenvalue weighted by Gasteiger charge is -2.22. The summed E-state index contributed by atoms with van der Waals surface area (Å²) in [6, 6.07) is 10.8. The summed E-state index contributed by atoms with van der Waals surface area (Å²) in [6.07, 6.45) is 2.62. The van der Waals surface area contributed by atoms with E-state index >= 15 is 0 Å². The van der Waals surface area contributed by atoms with Gasteiger partial charge in [-0.05, 0) is 36.8 Å². The van der Waals surface area contributed by atoms with Gasteiger partial charge in [0.25, 0.3) is 0 Å². The molecule has 0 radical (unpaired) electrons. The van der Waals surface area contributed by atoms with E-state index < -0.39 is 0 Å². The van der Waals surface area contributed by atoms with Crippen LogP contribution in [0.4, 0.5) is 4.39 Å². The Kier molecular flexibility index (Phi) is 6.41. The number of fused-ring (bicyclic) bond motifs is 1. The number of hydrogen-bond acceptors (Lipinski definition) is 4. The smallest absolute Gasteiger partial charge is 0.193 e. The van der Waals surface area contributed by atoms with Gasteiger partial charge in [0.15, 0.2) is 23.2 Å². The minimum Gasteiger partial charge on any atom is -0.494 e. The molecule has 0 amide bonds. The van der Waals surface area contributed by atoms with Gasteiger partial charge in [-0.1, -0.05) is 12.1 Å². The first-order valence-electron chi connectivity index (χ1n) is 9.23. The summed E-state index contributed by atoms with van der Waals surface area (Å²) in [4.78, 5) is 6.64. The van der Waals surface area contributed by atoms with Crippen molar-refractivity contribution >= 4 is 11.6 Å². The van der Waals surface area contributed by atoms with Crippen LogP contribution in [0.2, 0.25) is 0 Å². The molecule has 0 spiro atoms. The van der Waals surface area contributed by atoms with Gasteiger partial charge < -0.3 is 15.0 Å². The number of aromatic nitrogens is 3. The van der Waals surface area contributed by atoms with Gasteiger partial charge in [0.2, 0.25) is 0 Å². The Morgan fingerprint density at radius 2 is 2.14 bits per heavy atom. The summed E-state index contributed by atoms with van der Waals surface area (Å²) in [7, 11) is 3.38. The van der Waals surface area contributed by atoms with Gasteiger partial charge in [-0.2, -0.15) is 0 Å². The van der Waals surface area contributed by atoms with Crippen molar-refractivity contribution in [2.24, 2.45) is 4.99 Å². The van der Waals surface area contributed by atoms with Gasteiger partial charge >= 0.3 is 0 Å². The summed E-state index contributed by atoms with van der Waals surface area (Å²) in [5.41, 5.74) is 1.67. The lowest BCUT2D eigenvalue weighted by Crippen LogP contribution is -2.38. The summed E-state index contributed by atoms with van der Waals surface area (Å²) in [5.74, 6) is 1.50. The van der Waals surface area contributed by atoms with Crippen molar-refractivity contribution in [3.63, 3.8) is 0 Å². The number of aliphatic imine (C=N–C) groups is 1. The highest BCUT2D eigenvalue weighted by Crippen LogP contribution is 2.18. The lowest BCUT2D eigenvalue weighted by molar-refractivity contribution is 0.385. The molecule has 7 nitrogen and oxygen atoms in total. The van der Waals surface area contributed by atoms with Gasteiger partial charge in [0.1, 0.15) is 5.82 Å². The molecule has 0 aliphatic heterocycles. The summed E-state index contributed by atoms with van der Waals surface area (Å²) in [5, 5.41) is 11.7. The molecule has 0 atom stereocenters. The quantitative estimate of drug-likeness (QED) is 0.501. The number of halogens is 1. The second kappa shape index (κ2) is 9.16. The van der Waals surface area contributed by atoms with Crippen LogP contribution in [-0.4, -0.2) is 52.7 Å². The van der Waals surface area contributed by atoms with Crippen molar-refractivity contribution in [3.8, 4) is 5.75 Å². The van der Waals surface area contributed by atoms with E-state index in [1.807, 2.05) is 53.7 Å². The molecule has 0 aliphatic rings. The first-order chi connectivity index (χ1) is 13.6. The van der Waals surface area contributed by atoms with Crippen LogP contribution < -0.4 is 10.1 Å². The Hall–Kier alpha value is -3.16. The molecule has 3 rings (SSSR count). The maximum atomic E-state index is 13.9. The number of methoxy groups -OCH3 is 1. The Morgan fingerprint density at radius 3 is 2.89 bits per heavy atom. The summed E-state index contributed by atoms with van der Waals surface area (Å²) < 4.78 is 20.9. The molecule has 8 heteroatoms.